The summed E-state index contributed by atoms with van der Waals surface area (Å²) in [6, 6.07) is 3.47. The van der Waals surface area contributed by atoms with Crippen molar-refractivity contribution in [2.45, 2.75) is 44.3 Å². The van der Waals surface area contributed by atoms with Gasteiger partial charge in [0.15, 0.2) is 0 Å². The number of rotatable bonds is 0. The number of hydrogen-bond acceptors (Lipinski definition) is 2. The van der Waals surface area contributed by atoms with Crippen LogP contribution in [0.4, 0.5) is 24.5 Å². The van der Waals surface area contributed by atoms with E-state index in [1.54, 1.807) is 0 Å². The van der Waals surface area contributed by atoms with Crippen molar-refractivity contribution in [3.8, 4) is 0 Å². The zero-order valence-corrected chi connectivity index (χ0v) is 11.5. The van der Waals surface area contributed by atoms with Crippen molar-refractivity contribution < 1.29 is 18.0 Å². The summed E-state index contributed by atoms with van der Waals surface area (Å²) in [6.07, 6.45) is 0.373. The van der Waals surface area contributed by atoms with E-state index in [0.717, 1.165) is 44.2 Å². The van der Waals surface area contributed by atoms with Crippen LogP contribution in [0.3, 0.4) is 0 Å². The highest BCUT2D eigenvalue weighted by atomic mass is 19.4. The second-order valence-corrected chi connectivity index (χ2v) is 5.74. The number of benzene rings is 1. The minimum absolute atomic E-state index is 0.00508. The van der Waals surface area contributed by atoms with Gasteiger partial charge >= 0.3 is 6.18 Å². The van der Waals surface area contributed by atoms with Gasteiger partial charge in [0, 0.05) is 6.04 Å². The van der Waals surface area contributed by atoms with Crippen LogP contribution in [-0.4, -0.2) is 11.9 Å². The highest BCUT2D eigenvalue weighted by Gasteiger charge is 2.35. The average Bonchev–Trinajstić information content (AvgIpc) is 2.70. The van der Waals surface area contributed by atoms with Crippen molar-refractivity contribution in [1.29, 1.82) is 0 Å². The lowest BCUT2D eigenvalue weighted by Gasteiger charge is -2.22. The minimum Gasteiger partial charge on any atom is -0.380 e. The summed E-state index contributed by atoms with van der Waals surface area (Å²) in [6.45, 7) is 0. The highest BCUT2D eigenvalue weighted by molar-refractivity contribution is 5.98. The molecule has 6 heteroatoms. The topological polar surface area (TPSA) is 41.1 Å². The summed E-state index contributed by atoms with van der Waals surface area (Å²) >= 11 is 0. The third-order valence-electron chi connectivity index (χ3n) is 4.30. The SMILES string of the molecule is O=C1Nc2cc(C(F)(F)F)ccc2NC2CCCCCC12. The maximum atomic E-state index is 12.8. The van der Waals surface area contributed by atoms with Crippen LogP contribution < -0.4 is 10.6 Å². The summed E-state index contributed by atoms with van der Waals surface area (Å²) in [4.78, 5) is 12.3. The Kier molecular flexibility index (Phi) is 3.55. The van der Waals surface area contributed by atoms with Crippen LogP contribution >= 0.6 is 0 Å². The van der Waals surface area contributed by atoms with Crippen LogP contribution in [-0.2, 0) is 11.0 Å². The Morgan fingerprint density at radius 2 is 1.81 bits per heavy atom. The first-order valence-electron chi connectivity index (χ1n) is 7.24. The van der Waals surface area contributed by atoms with Crippen molar-refractivity contribution in [2.75, 3.05) is 10.6 Å². The lowest BCUT2D eigenvalue weighted by Crippen LogP contribution is -2.34. The molecule has 114 valence electrons. The highest BCUT2D eigenvalue weighted by Crippen LogP contribution is 2.38. The molecule has 2 atom stereocenters. The Labute approximate surface area is 120 Å². The first kappa shape index (κ1) is 14.2. The van der Waals surface area contributed by atoms with Crippen molar-refractivity contribution >= 4 is 17.3 Å². The second kappa shape index (κ2) is 5.24. The van der Waals surface area contributed by atoms with Gasteiger partial charge in [-0.3, -0.25) is 4.79 Å². The normalized spacial score (nSPS) is 25.8. The fraction of sp³-hybridized carbons (Fsp3) is 0.533. The Morgan fingerprint density at radius 3 is 2.57 bits per heavy atom. The monoisotopic (exact) mass is 298 g/mol. The van der Waals surface area contributed by atoms with Gasteiger partial charge in [-0.15, -0.1) is 0 Å². The largest absolute Gasteiger partial charge is 0.416 e. The molecule has 1 aromatic carbocycles. The summed E-state index contributed by atoms with van der Waals surface area (Å²) in [7, 11) is 0. The molecule has 3 rings (SSSR count). The molecule has 2 aliphatic rings. The van der Waals surface area contributed by atoms with Crippen LogP contribution in [0.25, 0.3) is 0 Å². The molecular formula is C15H17F3N2O. The van der Waals surface area contributed by atoms with E-state index in [0.29, 0.717) is 5.69 Å². The van der Waals surface area contributed by atoms with Gasteiger partial charge in [0.2, 0.25) is 5.91 Å². The van der Waals surface area contributed by atoms with E-state index < -0.39 is 11.7 Å². The van der Waals surface area contributed by atoms with Gasteiger partial charge in [-0.25, -0.2) is 0 Å². The molecule has 0 radical (unpaired) electrons. The van der Waals surface area contributed by atoms with Crippen LogP contribution in [0.1, 0.15) is 37.7 Å². The van der Waals surface area contributed by atoms with E-state index in [2.05, 4.69) is 10.6 Å². The third kappa shape index (κ3) is 2.84. The summed E-state index contributed by atoms with van der Waals surface area (Å²) in [5.74, 6) is -0.346. The number of alkyl halides is 3. The van der Waals surface area contributed by atoms with E-state index >= 15 is 0 Å². The molecule has 2 unspecified atom stereocenters. The average molecular weight is 298 g/mol. The van der Waals surface area contributed by atoms with Gasteiger partial charge in [0.1, 0.15) is 0 Å². The molecule has 1 heterocycles. The number of anilines is 2. The number of fused-ring (bicyclic) bond motifs is 2. The lowest BCUT2D eigenvalue weighted by atomic mass is 9.94. The predicted molar refractivity (Wildman–Crippen MR) is 74.1 cm³/mol. The molecule has 21 heavy (non-hydrogen) atoms. The van der Waals surface area contributed by atoms with E-state index in [1.807, 2.05) is 0 Å². The van der Waals surface area contributed by atoms with Crippen molar-refractivity contribution in [1.82, 2.24) is 0 Å². The first-order valence-corrected chi connectivity index (χ1v) is 7.24. The zero-order chi connectivity index (χ0) is 15.0. The third-order valence-corrected chi connectivity index (χ3v) is 4.30. The quantitative estimate of drug-likeness (QED) is 0.759. The maximum Gasteiger partial charge on any atom is 0.416 e. The molecule has 0 spiro atoms. The van der Waals surface area contributed by atoms with Gasteiger partial charge in [-0.2, -0.15) is 13.2 Å². The molecular weight excluding hydrogens is 281 g/mol. The van der Waals surface area contributed by atoms with E-state index in [4.69, 9.17) is 0 Å². The van der Waals surface area contributed by atoms with E-state index in [-0.39, 0.29) is 23.6 Å². The van der Waals surface area contributed by atoms with Gasteiger partial charge in [0.05, 0.1) is 22.9 Å². The molecule has 1 saturated carbocycles. The lowest BCUT2D eigenvalue weighted by molar-refractivity contribution is -0.137. The zero-order valence-electron chi connectivity index (χ0n) is 11.5. The van der Waals surface area contributed by atoms with Gasteiger partial charge in [-0.05, 0) is 31.0 Å². The van der Waals surface area contributed by atoms with Crippen LogP contribution in [0.15, 0.2) is 18.2 Å². The van der Waals surface area contributed by atoms with Crippen LogP contribution in [0.2, 0.25) is 0 Å². The van der Waals surface area contributed by atoms with Crippen LogP contribution in [0, 0.1) is 5.92 Å². The van der Waals surface area contributed by atoms with E-state index in [9.17, 15) is 18.0 Å². The smallest absolute Gasteiger partial charge is 0.380 e. The van der Waals surface area contributed by atoms with Gasteiger partial charge in [-0.1, -0.05) is 19.3 Å². The molecule has 1 aromatic rings. The Hall–Kier alpha value is -1.72. The molecule has 1 fully saturated rings. The first-order chi connectivity index (χ1) is 9.95. The van der Waals surface area contributed by atoms with Crippen molar-refractivity contribution in [2.24, 2.45) is 5.92 Å². The second-order valence-electron chi connectivity index (χ2n) is 5.74. The number of nitrogens with one attached hydrogen (secondary N) is 2. The van der Waals surface area contributed by atoms with E-state index in [1.165, 1.54) is 6.07 Å². The predicted octanol–water partition coefficient (Wildman–Crippen LogP) is 4.02. The standard InChI is InChI=1S/C15H17F3N2O/c16-15(17,18)9-6-7-12-13(8-9)20-14(21)10-4-2-1-3-5-11(10)19-12/h6-8,10-11,19H,1-5H2,(H,20,21). The molecule has 0 bridgehead atoms. The number of hydrogen-bond donors (Lipinski definition) is 2. The molecule has 1 aliphatic heterocycles. The van der Waals surface area contributed by atoms with Crippen molar-refractivity contribution in [3.05, 3.63) is 23.8 Å². The summed E-state index contributed by atoms with van der Waals surface area (Å²) < 4.78 is 38.3. The number of carbonyl (C=O) groups is 1. The molecule has 1 amide bonds. The Balaban J connectivity index is 1.95. The number of carbonyl (C=O) groups excluding carboxylic acids is 1. The fourth-order valence-corrected chi connectivity index (χ4v) is 3.17. The van der Waals surface area contributed by atoms with Crippen molar-refractivity contribution in [3.63, 3.8) is 0 Å². The number of amides is 1. The maximum absolute atomic E-state index is 12.8. The van der Waals surface area contributed by atoms with Gasteiger partial charge < -0.3 is 10.6 Å². The van der Waals surface area contributed by atoms with Gasteiger partial charge in [0.25, 0.3) is 0 Å². The molecule has 0 saturated heterocycles. The Morgan fingerprint density at radius 1 is 1.05 bits per heavy atom. The minimum atomic E-state index is -4.41. The molecule has 2 N–H and O–H groups in total. The molecule has 0 aromatic heterocycles. The molecule has 1 aliphatic carbocycles. The summed E-state index contributed by atoms with van der Waals surface area (Å²) in [5.41, 5.74) is 0.0547. The molecule has 3 nitrogen and oxygen atoms in total. The number of halogens is 3. The Bertz CT molecular complexity index is 556. The fourth-order valence-electron chi connectivity index (χ4n) is 3.17. The van der Waals surface area contributed by atoms with Crippen LogP contribution in [0.5, 0.6) is 0 Å². The summed E-state index contributed by atoms with van der Waals surface area (Å²) in [5, 5.41) is 5.92.